The van der Waals surface area contributed by atoms with Crippen LogP contribution in [0.5, 0.6) is 0 Å². The van der Waals surface area contributed by atoms with E-state index in [9.17, 15) is 4.79 Å². The summed E-state index contributed by atoms with van der Waals surface area (Å²) in [4.78, 5) is 17.1. The highest BCUT2D eigenvalue weighted by Gasteiger charge is 2.17. The Morgan fingerprint density at radius 1 is 1.58 bits per heavy atom. The summed E-state index contributed by atoms with van der Waals surface area (Å²) in [5, 5.41) is 11.8. The number of carboxylic acid groups (broad SMARTS) is 1. The SMILES string of the molecule is CNC(CN(C)c1ccc2nc(C)oc2c1)C(=O)O. The Hall–Kier alpha value is -2.08. The third-order valence-corrected chi connectivity index (χ3v) is 3.02. The van der Waals surface area contributed by atoms with E-state index in [1.807, 2.05) is 30.1 Å². The van der Waals surface area contributed by atoms with Crippen LogP contribution in [0.25, 0.3) is 11.1 Å². The maximum atomic E-state index is 11.0. The van der Waals surface area contributed by atoms with Crippen molar-refractivity contribution in [2.75, 3.05) is 25.5 Å². The Balaban J connectivity index is 2.20. The third kappa shape index (κ3) is 2.85. The van der Waals surface area contributed by atoms with E-state index in [1.165, 1.54) is 0 Å². The number of likely N-dealkylation sites (N-methyl/N-ethyl adjacent to an activating group) is 2. The number of aryl methyl sites for hydroxylation is 1. The van der Waals surface area contributed by atoms with Crippen molar-refractivity contribution in [3.05, 3.63) is 24.1 Å². The van der Waals surface area contributed by atoms with Crippen molar-refractivity contribution >= 4 is 22.8 Å². The quantitative estimate of drug-likeness (QED) is 0.845. The summed E-state index contributed by atoms with van der Waals surface area (Å²) in [6.07, 6.45) is 0. The van der Waals surface area contributed by atoms with Crippen LogP contribution in [0.15, 0.2) is 22.6 Å². The summed E-state index contributed by atoms with van der Waals surface area (Å²) in [5.41, 5.74) is 2.40. The van der Waals surface area contributed by atoms with Crippen LogP contribution in [-0.2, 0) is 4.79 Å². The van der Waals surface area contributed by atoms with Crippen LogP contribution in [0.3, 0.4) is 0 Å². The van der Waals surface area contributed by atoms with Gasteiger partial charge in [-0.25, -0.2) is 4.98 Å². The molecule has 2 N–H and O–H groups in total. The molecule has 1 heterocycles. The lowest BCUT2D eigenvalue weighted by molar-refractivity contribution is -0.139. The first-order chi connectivity index (χ1) is 9.01. The number of nitrogens with one attached hydrogen (secondary N) is 1. The number of oxazole rings is 1. The maximum absolute atomic E-state index is 11.0. The van der Waals surface area contributed by atoms with Gasteiger partial charge in [0.2, 0.25) is 0 Å². The fourth-order valence-corrected chi connectivity index (χ4v) is 1.94. The number of benzene rings is 1. The van der Waals surface area contributed by atoms with E-state index in [-0.39, 0.29) is 0 Å². The lowest BCUT2D eigenvalue weighted by Crippen LogP contribution is -2.43. The van der Waals surface area contributed by atoms with E-state index in [2.05, 4.69) is 10.3 Å². The van der Waals surface area contributed by atoms with Crippen molar-refractivity contribution in [1.82, 2.24) is 10.3 Å². The number of fused-ring (bicyclic) bond motifs is 1. The monoisotopic (exact) mass is 263 g/mol. The first kappa shape index (κ1) is 13.4. The van der Waals surface area contributed by atoms with Crippen LogP contribution >= 0.6 is 0 Å². The van der Waals surface area contributed by atoms with Gasteiger partial charge in [-0.05, 0) is 19.2 Å². The number of hydrogen-bond donors (Lipinski definition) is 2. The molecule has 0 saturated carbocycles. The fraction of sp³-hybridized carbons (Fsp3) is 0.385. The molecule has 1 aromatic heterocycles. The molecule has 0 saturated heterocycles. The summed E-state index contributed by atoms with van der Waals surface area (Å²) in [6.45, 7) is 2.16. The normalized spacial score (nSPS) is 12.6. The van der Waals surface area contributed by atoms with Crippen molar-refractivity contribution in [2.45, 2.75) is 13.0 Å². The molecule has 102 valence electrons. The molecule has 0 aliphatic carbocycles. The van der Waals surface area contributed by atoms with Gasteiger partial charge in [0.1, 0.15) is 11.6 Å². The number of anilines is 1. The van der Waals surface area contributed by atoms with Gasteiger partial charge in [-0.15, -0.1) is 0 Å². The largest absolute Gasteiger partial charge is 0.480 e. The van der Waals surface area contributed by atoms with Gasteiger partial charge in [0, 0.05) is 32.3 Å². The molecule has 1 aromatic carbocycles. The molecular formula is C13H17N3O3. The molecule has 2 rings (SSSR count). The number of hydrogen-bond acceptors (Lipinski definition) is 5. The predicted molar refractivity (Wildman–Crippen MR) is 72.5 cm³/mol. The summed E-state index contributed by atoms with van der Waals surface area (Å²) >= 11 is 0. The number of rotatable bonds is 5. The molecule has 0 aliphatic rings. The topological polar surface area (TPSA) is 78.6 Å². The second kappa shape index (κ2) is 5.27. The van der Waals surface area contributed by atoms with Gasteiger partial charge in [0.15, 0.2) is 11.5 Å². The molecule has 0 spiro atoms. The summed E-state index contributed by atoms with van der Waals surface area (Å²) in [7, 11) is 3.48. The Labute approximate surface area is 111 Å². The molecule has 6 heteroatoms. The second-order valence-corrected chi connectivity index (χ2v) is 4.44. The van der Waals surface area contributed by atoms with Gasteiger partial charge in [0.25, 0.3) is 0 Å². The highest BCUT2D eigenvalue weighted by Crippen LogP contribution is 2.22. The fourth-order valence-electron chi connectivity index (χ4n) is 1.94. The van der Waals surface area contributed by atoms with E-state index in [4.69, 9.17) is 9.52 Å². The minimum atomic E-state index is -0.870. The summed E-state index contributed by atoms with van der Waals surface area (Å²) in [6, 6.07) is 5.02. The predicted octanol–water partition coefficient (Wildman–Crippen LogP) is 1.25. The zero-order valence-corrected chi connectivity index (χ0v) is 11.2. The number of aromatic nitrogens is 1. The molecule has 0 fully saturated rings. The molecule has 19 heavy (non-hydrogen) atoms. The van der Waals surface area contributed by atoms with Gasteiger partial charge < -0.3 is 19.7 Å². The minimum absolute atomic E-state index is 0.366. The maximum Gasteiger partial charge on any atom is 0.322 e. The van der Waals surface area contributed by atoms with Gasteiger partial charge in [0.05, 0.1) is 0 Å². The summed E-state index contributed by atoms with van der Waals surface area (Å²) < 4.78 is 5.47. The van der Waals surface area contributed by atoms with Crippen LogP contribution < -0.4 is 10.2 Å². The number of nitrogens with zero attached hydrogens (tertiary/aromatic N) is 2. The Morgan fingerprint density at radius 3 is 2.95 bits per heavy atom. The highest BCUT2D eigenvalue weighted by atomic mass is 16.4. The Morgan fingerprint density at radius 2 is 2.32 bits per heavy atom. The Kier molecular flexibility index (Phi) is 3.71. The smallest absolute Gasteiger partial charge is 0.322 e. The first-order valence-electron chi connectivity index (χ1n) is 5.99. The molecule has 0 radical (unpaired) electrons. The van der Waals surface area contributed by atoms with Crippen LogP contribution in [-0.4, -0.2) is 42.7 Å². The first-order valence-corrected chi connectivity index (χ1v) is 5.99. The van der Waals surface area contributed by atoms with Crippen LogP contribution in [0.2, 0.25) is 0 Å². The van der Waals surface area contributed by atoms with Crippen molar-refractivity contribution in [3.8, 4) is 0 Å². The number of carboxylic acids is 1. The van der Waals surface area contributed by atoms with Crippen LogP contribution in [0, 0.1) is 6.92 Å². The zero-order chi connectivity index (χ0) is 14.0. The standard InChI is InChI=1S/C13H17N3O3/c1-8-15-10-5-4-9(6-12(10)19-8)16(3)7-11(14-2)13(17)18/h4-6,11,14H,7H2,1-3H3,(H,17,18). The van der Waals surface area contributed by atoms with Crippen molar-refractivity contribution in [3.63, 3.8) is 0 Å². The molecule has 6 nitrogen and oxygen atoms in total. The van der Waals surface area contributed by atoms with E-state index < -0.39 is 12.0 Å². The average Bonchev–Trinajstić information content (AvgIpc) is 2.74. The van der Waals surface area contributed by atoms with Crippen molar-refractivity contribution in [1.29, 1.82) is 0 Å². The molecule has 1 unspecified atom stereocenters. The van der Waals surface area contributed by atoms with E-state index in [0.717, 1.165) is 11.2 Å². The number of carbonyl (C=O) groups is 1. The van der Waals surface area contributed by atoms with E-state index in [0.29, 0.717) is 18.0 Å². The van der Waals surface area contributed by atoms with Crippen molar-refractivity contribution in [2.24, 2.45) is 0 Å². The van der Waals surface area contributed by atoms with Gasteiger partial charge >= 0.3 is 5.97 Å². The molecule has 0 amide bonds. The second-order valence-electron chi connectivity index (χ2n) is 4.44. The lowest BCUT2D eigenvalue weighted by Gasteiger charge is -2.23. The molecule has 0 aliphatic heterocycles. The molecular weight excluding hydrogens is 246 g/mol. The molecule has 0 bridgehead atoms. The van der Waals surface area contributed by atoms with E-state index >= 15 is 0 Å². The third-order valence-electron chi connectivity index (χ3n) is 3.02. The summed E-state index contributed by atoms with van der Waals surface area (Å²) in [5.74, 6) is -0.251. The minimum Gasteiger partial charge on any atom is -0.480 e. The van der Waals surface area contributed by atoms with Crippen LogP contribution in [0.4, 0.5) is 5.69 Å². The number of aliphatic carboxylic acids is 1. The highest BCUT2D eigenvalue weighted by molar-refractivity contribution is 5.78. The Bertz CT molecular complexity index is 594. The zero-order valence-electron chi connectivity index (χ0n) is 11.2. The average molecular weight is 263 g/mol. The van der Waals surface area contributed by atoms with Crippen LogP contribution in [0.1, 0.15) is 5.89 Å². The van der Waals surface area contributed by atoms with E-state index in [1.54, 1.807) is 14.0 Å². The van der Waals surface area contributed by atoms with Gasteiger partial charge in [-0.2, -0.15) is 0 Å². The van der Waals surface area contributed by atoms with Gasteiger partial charge in [-0.3, -0.25) is 4.79 Å². The molecule has 1 atom stereocenters. The molecule has 2 aromatic rings. The van der Waals surface area contributed by atoms with Gasteiger partial charge in [-0.1, -0.05) is 0 Å². The lowest BCUT2D eigenvalue weighted by atomic mass is 10.2. The van der Waals surface area contributed by atoms with Crippen molar-refractivity contribution < 1.29 is 14.3 Å².